The van der Waals surface area contributed by atoms with Crippen LogP contribution in [0.4, 0.5) is 5.69 Å². The molecular formula is C30H36N4O3. The van der Waals surface area contributed by atoms with Crippen molar-refractivity contribution < 1.29 is 14.3 Å². The summed E-state index contributed by atoms with van der Waals surface area (Å²) in [5.74, 6) is 0.650. The number of aromatic nitrogens is 1. The molecule has 0 spiro atoms. The predicted molar refractivity (Wildman–Crippen MR) is 145 cm³/mol. The van der Waals surface area contributed by atoms with E-state index in [-0.39, 0.29) is 18.4 Å². The molecule has 7 nitrogen and oxygen atoms in total. The topological polar surface area (TPSA) is 66.0 Å². The van der Waals surface area contributed by atoms with Gasteiger partial charge in [-0.2, -0.15) is 0 Å². The lowest BCUT2D eigenvalue weighted by Gasteiger charge is -2.31. The second-order valence-corrected chi connectivity index (χ2v) is 9.47. The monoisotopic (exact) mass is 500 g/mol. The average Bonchev–Trinajstić information content (AvgIpc) is 2.90. The van der Waals surface area contributed by atoms with Crippen LogP contribution in [0.1, 0.15) is 36.6 Å². The number of nitrogens with zero attached hydrogens (tertiary/aromatic N) is 4. The average molecular weight is 501 g/mol. The fourth-order valence-electron chi connectivity index (χ4n) is 4.73. The Morgan fingerprint density at radius 1 is 0.892 bits per heavy atom. The Labute approximate surface area is 219 Å². The van der Waals surface area contributed by atoms with Crippen LogP contribution in [0, 0.1) is 6.92 Å². The molecule has 0 aliphatic carbocycles. The van der Waals surface area contributed by atoms with Gasteiger partial charge in [0.05, 0.1) is 5.69 Å². The molecule has 0 saturated heterocycles. The molecule has 194 valence electrons. The molecule has 4 rings (SSSR count). The first kappa shape index (κ1) is 26.4. The molecule has 0 unspecified atom stereocenters. The summed E-state index contributed by atoms with van der Waals surface area (Å²) >= 11 is 0. The summed E-state index contributed by atoms with van der Waals surface area (Å²) in [4.78, 5) is 36.6. The van der Waals surface area contributed by atoms with Crippen molar-refractivity contribution >= 4 is 17.5 Å². The number of hydrogen-bond donors (Lipinski definition) is 0. The third-order valence-electron chi connectivity index (χ3n) is 6.69. The van der Waals surface area contributed by atoms with Gasteiger partial charge in [0.1, 0.15) is 5.75 Å². The zero-order valence-electron chi connectivity index (χ0n) is 21.8. The van der Waals surface area contributed by atoms with Crippen LogP contribution in [0.5, 0.6) is 5.75 Å². The summed E-state index contributed by atoms with van der Waals surface area (Å²) in [5.41, 5.74) is 3.84. The molecule has 0 fully saturated rings. The van der Waals surface area contributed by atoms with Crippen LogP contribution in [0.3, 0.4) is 0 Å². The summed E-state index contributed by atoms with van der Waals surface area (Å²) < 4.78 is 5.90. The van der Waals surface area contributed by atoms with Gasteiger partial charge in [0.15, 0.2) is 6.61 Å². The predicted octanol–water partition coefficient (Wildman–Crippen LogP) is 4.45. The summed E-state index contributed by atoms with van der Waals surface area (Å²) in [5, 5.41) is 0. The van der Waals surface area contributed by atoms with E-state index in [2.05, 4.69) is 9.88 Å². The van der Waals surface area contributed by atoms with Crippen molar-refractivity contribution in [1.29, 1.82) is 0 Å². The zero-order chi connectivity index (χ0) is 26.0. The van der Waals surface area contributed by atoms with E-state index in [1.165, 1.54) is 0 Å². The van der Waals surface area contributed by atoms with Gasteiger partial charge in [-0.25, -0.2) is 0 Å². The Balaban J connectivity index is 1.55. The maximum absolute atomic E-state index is 13.4. The lowest BCUT2D eigenvalue weighted by molar-refractivity contribution is -0.134. The first-order chi connectivity index (χ1) is 18.0. The highest BCUT2D eigenvalue weighted by Crippen LogP contribution is 2.24. The number of para-hydroxylation sites is 2. The summed E-state index contributed by atoms with van der Waals surface area (Å²) in [6, 6.07) is 21.6. The second-order valence-electron chi connectivity index (χ2n) is 9.47. The molecule has 1 aromatic heterocycles. The van der Waals surface area contributed by atoms with Crippen LogP contribution in [0.15, 0.2) is 72.9 Å². The van der Waals surface area contributed by atoms with Gasteiger partial charge in [-0.3, -0.25) is 19.5 Å². The van der Waals surface area contributed by atoms with Crippen molar-refractivity contribution in [2.75, 3.05) is 37.7 Å². The normalized spacial score (nSPS) is 15.3. The molecule has 1 aliphatic rings. The minimum absolute atomic E-state index is 0.00143. The Kier molecular flexibility index (Phi) is 9.27. The molecule has 37 heavy (non-hydrogen) atoms. The van der Waals surface area contributed by atoms with E-state index in [4.69, 9.17) is 4.74 Å². The molecule has 0 N–H and O–H groups in total. The first-order valence-corrected chi connectivity index (χ1v) is 13.0. The Hall–Kier alpha value is -3.71. The van der Waals surface area contributed by atoms with Crippen molar-refractivity contribution in [3.05, 3.63) is 89.7 Å². The zero-order valence-corrected chi connectivity index (χ0v) is 21.8. The number of ether oxygens (including phenoxy) is 1. The lowest BCUT2D eigenvalue weighted by Crippen LogP contribution is -2.39. The van der Waals surface area contributed by atoms with Gasteiger partial charge < -0.3 is 14.5 Å². The summed E-state index contributed by atoms with van der Waals surface area (Å²) in [6.07, 6.45) is 3.50. The van der Waals surface area contributed by atoms with E-state index in [9.17, 15) is 9.59 Å². The maximum atomic E-state index is 13.4. The number of pyridine rings is 1. The first-order valence-electron chi connectivity index (χ1n) is 13.0. The van der Waals surface area contributed by atoms with Gasteiger partial charge in [0, 0.05) is 58.1 Å². The number of carbonyl (C=O) groups excluding carboxylic acids is 2. The standard InChI is InChI=1S/C30H36N4O3/c1-24-11-3-6-15-29(24)37-23-30(36)33-19-9-17-32(22-27-13-7-8-16-31-27)18-10-20-34(25(2)35)28-14-5-4-12-26(28)21-33/h3-8,11-16H,9-10,17-23H2,1-2H3. The van der Waals surface area contributed by atoms with Crippen LogP contribution in [0.25, 0.3) is 0 Å². The smallest absolute Gasteiger partial charge is 0.260 e. The molecule has 0 atom stereocenters. The Morgan fingerprint density at radius 2 is 1.62 bits per heavy atom. The van der Waals surface area contributed by atoms with E-state index >= 15 is 0 Å². The number of aryl methyl sites for hydroxylation is 1. The molecule has 2 heterocycles. The third-order valence-corrected chi connectivity index (χ3v) is 6.69. The highest BCUT2D eigenvalue weighted by molar-refractivity contribution is 5.92. The largest absolute Gasteiger partial charge is 0.484 e. The number of fused-ring (bicyclic) bond motifs is 1. The van der Waals surface area contributed by atoms with Crippen molar-refractivity contribution in [2.45, 2.75) is 39.8 Å². The molecule has 2 aromatic carbocycles. The second kappa shape index (κ2) is 13.0. The quantitative estimate of drug-likeness (QED) is 0.518. The van der Waals surface area contributed by atoms with E-state index < -0.39 is 0 Å². The highest BCUT2D eigenvalue weighted by Gasteiger charge is 2.22. The van der Waals surface area contributed by atoms with Crippen LogP contribution in [-0.2, 0) is 22.7 Å². The van der Waals surface area contributed by atoms with E-state index in [0.717, 1.165) is 60.7 Å². The Bertz CT molecular complexity index is 1180. The van der Waals surface area contributed by atoms with Crippen molar-refractivity contribution in [1.82, 2.24) is 14.8 Å². The molecule has 0 bridgehead atoms. The molecular weight excluding hydrogens is 464 g/mol. The molecule has 3 aromatic rings. The molecule has 2 amide bonds. The van der Waals surface area contributed by atoms with E-state index in [1.807, 2.05) is 89.7 Å². The van der Waals surface area contributed by atoms with Gasteiger partial charge >= 0.3 is 0 Å². The summed E-state index contributed by atoms with van der Waals surface area (Å²) in [7, 11) is 0. The number of anilines is 1. The number of amides is 2. The molecule has 1 aliphatic heterocycles. The number of rotatable bonds is 5. The fraction of sp³-hybridized carbons (Fsp3) is 0.367. The molecule has 0 radical (unpaired) electrons. The summed E-state index contributed by atoms with van der Waals surface area (Å²) in [6.45, 7) is 7.61. The van der Waals surface area contributed by atoms with Gasteiger partial charge in [-0.1, -0.05) is 42.5 Å². The Morgan fingerprint density at radius 3 is 2.38 bits per heavy atom. The van der Waals surface area contributed by atoms with Crippen molar-refractivity contribution in [3.63, 3.8) is 0 Å². The SMILES string of the molecule is CC(=O)N1CCCN(Cc2ccccn2)CCCN(C(=O)COc2ccccc2C)Cc2ccccc21. The van der Waals surface area contributed by atoms with Gasteiger partial charge in [-0.15, -0.1) is 0 Å². The minimum Gasteiger partial charge on any atom is -0.484 e. The van der Waals surface area contributed by atoms with Crippen molar-refractivity contribution in [3.8, 4) is 5.75 Å². The van der Waals surface area contributed by atoms with Gasteiger partial charge in [0.2, 0.25) is 5.91 Å². The van der Waals surface area contributed by atoms with Crippen LogP contribution in [0.2, 0.25) is 0 Å². The molecule has 0 saturated carbocycles. The maximum Gasteiger partial charge on any atom is 0.260 e. The van der Waals surface area contributed by atoms with Gasteiger partial charge in [-0.05, 0) is 55.2 Å². The van der Waals surface area contributed by atoms with Crippen LogP contribution in [-0.4, -0.2) is 59.4 Å². The van der Waals surface area contributed by atoms with E-state index in [0.29, 0.717) is 19.6 Å². The van der Waals surface area contributed by atoms with Crippen LogP contribution >= 0.6 is 0 Å². The minimum atomic E-state index is -0.0687. The molecule has 7 heteroatoms. The fourth-order valence-corrected chi connectivity index (χ4v) is 4.73. The van der Waals surface area contributed by atoms with Crippen molar-refractivity contribution in [2.24, 2.45) is 0 Å². The van der Waals surface area contributed by atoms with Crippen LogP contribution < -0.4 is 9.64 Å². The highest BCUT2D eigenvalue weighted by atomic mass is 16.5. The lowest BCUT2D eigenvalue weighted by atomic mass is 10.1. The number of carbonyl (C=O) groups is 2. The van der Waals surface area contributed by atoms with E-state index in [1.54, 1.807) is 6.92 Å². The number of hydrogen-bond acceptors (Lipinski definition) is 5. The third kappa shape index (κ3) is 7.40. The number of benzene rings is 2. The van der Waals surface area contributed by atoms with Gasteiger partial charge in [0.25, 0.3) is 5.91 Å².